The Morgan fingerprint density at radius 2 is 1.43 bits per heavy atom. The highest BCUT2D eigenvalue weighted by atomic mass is 32.2. The topological polar surface area (TPSA) is 124 Å². The number of sulfonamides is 1. The minimum atomic E-state index is -5.08. The average Bonchev–Trinajstić information content (AvgIpc) is 2.73. The summed E-state index contributed by atoms with van der Waals surface area (Å²) in [5.74, 6) is -3.82. The molecule has 0 unspecified atom stereocenters. The third kappa shape index (κ3) is 8.46. The Labute approximate surface area is 201 Å². The highest BCUT2D eigenvalue weighted by molar-refractivity contribution is 7.92. The van der Waals surface area contributed by atoms with E-state index in [4.69, 9.17) is 9.90 Å². The molecule has 35 heavy (non-hydrogen) atoms. The van der Waals surface area contributed by atoms with E-state index in [0.717, 1.165) is 44.3 Å². The number of hydrogen-bond donors (Lipinski definition) is 3. The van der Waals surface area contributed by atoms with Crippen molar-refractivity contribution in [2.24, 2.45) is 0 Å². The maximum atomic E-state index is 12.6. The first-order chi connectivity index (χ1) is 16.3. The van der Waals surface area contributed by atoms with Gasteiger partial charge in [0.25, 0.3) is 10.0 Å². The minimum absolute atomic E-state index is 0.115. The number of nitrogens with zero attached hydrogens (tertiary/aromatic N) is 1. The number of halogens is 3. The van der Waals surface area contributed by atoms with Crippen LogP contribution >= 0.6 is 0 Å². The van der Waals surface area contributed by atoms with Gasteiger partial charge in [-0.3, -0.25) is 4.72 Å². The molecule has 12 heteroatoms. The number of hydrogen-bond acceptors (Lipinski definition) is 5. The van der Waals surface area contributed by atoms with Gasteiger partial charge in [-0.2, -0.15) is 13.2 Å². The maximum Gasteiger partial charge on any atom is 0.490 e. The van der Waals surface area contributed by atoms with Crippen LogP contribution in [0.4, 0.5) is 24.5 Å². The number of alkyl halides is 3. The van der Waals surface area contributed by atoms with Gasteiger partial charge in [-0.05, 0) is 50.1 Å². The molecule has 0 spiro atoms. The lowest BCUT2D eigenvalue weighted by molar-refractivity contribution is -0.192. The van der Waals surface area contributed by atoms with Crippen molar-refractivity contribution < 1.29 is 41.4 Å². The van der Waals surface area contributed by atoms with Crippen LogP contribution in [-0.2, 0) is 14.8 Å². The van der Waals surface area contributed by atoms with Crippen LogP contribution < -0.4 is 9.62 Å². The zero-order valence-corrected chi connectivity index (χ0v) is 19.8. The fourth-order valence-corrected chi connectivity index (χ4v) is 4.52. The molecule has 0 amide bonds. The van der Waals surface area contributed by atoms with E-state index < -0.39 is 28.1 Å². The number of carboxylic acid groups (broad SMARTS) is 2. The fourth-order valence-electron chi connectivity index (χ4n) is 3.47. The molecule has 1 saturated heterocycles. The molecule has 1 aliphatic rings. The van der Waals surface area contributed by atoms with Crippen molar-refractivity contribution in [3.8, 4) is 0 Å². The van der Waals surface area contributed by atoms with Gasteiger partial charge in [0.2, 0.25) is 0 Å². The first kappa shape index (κ1) is 28.0. The predicted octanol–water partition coefficient (Wildman–Crippen LogP) is 4.90. The molecule has 0 aliphatic carbocycles. The van der Waals surface area contributed by atoms with E-state index >= 15 is 0 Å². The van der Waals surface area contributed by atoms with Gasteiger partial charge in [0.1, 0.15) is 0 Å². The molecule has 3 N–H and O–H groups in total. The molecule has 2 aromatic rings. The molecule has 1 fully saturated rings. The summed E-state index contributed by atoms with van der Waals surface area (Å²) in [7, 11) is -3.78. The van der Waals surface area contributed by atoms with Crippen LogP contribution in [-0.4, -0.2) is 49.8 Å². The van der Waals surface area contributed by atoms with Gasteiger partial charge in [-0.1, -0.05) is 37.0 Å². The Kier molecular flexibility index (Phi) is 9.52. The molecule has 0 bridgehead atoms. The van der Waals surface area contributed by atoms with Crippen molar-refractivity contribution in [1.82, 2.24) is 0 Å². The van der Waals surface area contributed by atoms with E-state index in [-0.39, 0.29) is 16.1 Å². The van der Waals surface area contributed by atoms with E-state index in [2.05, 4.69) is 9.62 Å². The zero-order valence-electron chi connectivity index (χ0n) is 19.0. The molecule has 0 radical (unpaired) electrons. The number of carbonyl (C=O) groups is 2. The van der Waals surface area contributed by atoms with Crippen molar-refractivity contribution in [2.75, 3.05) is 22.7 Å². The normalized spacial score (nSPS) is 14.7. The molecule has 3 rings (SSSR count). The number of nitrogens with one attached hydrogen (secondary N) is 1. The zero-order chi connectivity index (χ0) is 26.2. The van der Waals surface area contributed by atoms with Gasteiger partial charge in [-0.25, -0.2) is 18.0 Å². The van der Waals surface area contributed by atoms with E-state index in [1.165, 1.54) is 24.6 Å². The van der Waals surface area contributed by atoms with Crippen molar-refractivity contribution >= 4 is 33.3 Å². The number of anilines is 2. The molecule has 0 saturated carbocycles. The first-order valence-electron chi connectivity index (χ1n) is 10.8. The summed E-state index contributed by atoms with van der Waals surface area (Å²) >= 11 is 0. The summed E-state index contributed by atoms with van der Waals surface area (Å²) in [6.07, 6.45) is 0.488. The average molecular weight is 517 g/mol. The third-order valence-electron chi connectivity index (χ3n) is 5.25. The summed E-state index contributed by atoms with van der Waals surface area (Å²) in [4.78, 5) is 23.0. The maximum absolute atomic E-state index is 12.6. The van der Waals surface area contributed by atoms with Gasteiger partial charge < -0.3 is 15.1 Å². The Hall–Kier alpha value is -3.28. The molecular weight excluding hydrogens is 489 g/mol. The second-order valence-electron chi connectivity index (χ2n) is 8.01. The molecule has 2 aromatic carbocycles. The van der Waals surface area contributed by atoms with E-state index in [1.54, 1.807) is 24.3 Å². The van der Waals surface area contributed by atoms with Crippen LogP contribution in [0.25, 0.3) is 0 Å². The molecule has 1 aliphatic heterocycles. The van der Waals surface area contributed by atoms with Crippen molar-refractivity contribution in [1.29, 1.82) is 0 Å². The Morgan fingerprint density at radius 1 is 0.914 bits per heavy atom. The van der Waals surface area contributed by atoms with Crippen molar-refractivity contribution in [3.05, 3.63) is 53.6 Å². The molecule has 1 heterocycles. The van der Waals surface area contributed by atoms with Gasteiger partial charge >= 0.3 is 18.1 Å². The fraction of sp³-hybridized carbons (Fsp3) is 0.391. The van der Waals surface area contributed by atoms with Crippen LogP contribution in [0.2, 0.25) is 0 Å². The van der Waals surface area contributed by atoms with Crippen LogP contribution in [0.3, 0.4) is 0 Å². The predicted molar refractivity (Wildman–Crippen MR) is 124 cm³/mol. The highest BCUT2D eigenvalue weighted by Crippen LogP contribution is 2.28. The van der Waals surface area contributed by atoms with Crippen LogP contribution in [0.5, 0.6) is 0 Å². The standard InChI is InChI=1S/C21H26N2O4S.C2HF3O2/c1-16-7-10-18(11-8-16)28(26,27)22-17-9-12-20(19(15-17)21(24)25)23-13-5-3-2-4-6-14-23;3-2(4,5)1(6)7/h7-12,15,22H,2-6,13-14H2,1H3,(H,24,25);(H,6,7). The largest absolute Gasteiger partial charge is 0.490 e. The number of carboxylic acids is 2. The van der Waals surface area contributed by atoms with Gasteiger partial charge in [0.05, 0.1) is 16.1 Å². The van der Waals surface area contributed by atoms with Gasteiger partial charge in [0, 0.05) is 18.8 Å². The number of aryl methyl sites for hydroxylation is 1. The second-order valence-corrected chi connectivity index (χ2v) is 9.70. The first-order valence-corrected chi connectivity index (χ1v) is 12.3. The van der Waals surface area contributed by atoms with E-state index in [9.17, 15) is 31.5 Å². The second kappa shape index (κ2) is 11.9. The summed E-state index contributed by atoms with van der Waals surface area (Å²) < 4.78 is 59.4. The van der Waals surface area contributed by atoms with E-state index in [0.29, 0.717) is 5.69 Å². The van der Waals surface area contributed by atoms with Crippen LogP contribution in [0, 0.1) is 6.92 Å². The summed E-state index contributed by atoms with van der Waals surface area (Å²) in [5, 5.41) is 16.8. The summed E-state index contributed by atoms with van der Waals surface area (Å²) in [6, 6.07) is 11.3. The molecule has 8 nitrogen and oxygen atoms in total. The SMILES string of the molecule is Cc1ccc(S(=O)(=O)Nc2ccc(N3CCCCCCC3)c(C(=O)O)c2)cc1.O=C(O)C(F)(F)F. The van der Waals surface area contributed by atoms with Crippen molar-refractivity contribution in [2.45, 2.75) is 50.1 Å². The lowest BCUT2D eigenvalue weighted by Gasteiger charge is -2.28. The monoisotopic (exact) mass is 516 g/mol. The smallest absolute Gasteiger partial charge is 0.478 e. The Bertz CT molecular complexity index is 1130. The molecular formula is C23H27F3N2O6S. The van der Waals surface area contributed by atoms with Crippen LogP contribution in [0.1, 0.15) is 48.0 Å². The number of benzene rings is 2. The van der Waals surface area contributed by atoms with Crippen LogP contribution in [0.15, 0.2) is 47.4 Å². The summed E-state index contributed by atoms with van der Waals surface area (Å²) in [5.41, 5.74) is 1.97. The number of rotatable bonds is 5. The Morgan fingerprint density at radius 3 is 1.91 bits per heavy atom. The molecule has 0 aromatic heterocycles. The lowest BCUT2D eigenvalue weighted by Crippen LogP contribution is -2.28. The molecule has 0 atom stereocenters. The van der Waals surface area contributed by atoms with Crippen molar-refractivity contribution in [3.63, 3.8) is 0 Å². The van der Waals surface area contributed by atoms with E-state index in [1.807, 2.05) is 6.92 Å². The highest BCUT2D eigenvalue weighted by Gasteiger charge is 2.38. The number of aliphatic carboxylic acids is 1. The molecule has 192 valence electrons. The quantitative estimate of drug-likeness (QED) is 0.516. The third-order valence-corrected chi connectivity index (χ3v) is 6.65. The van der Waals surface area contributed by atoms with Gasteiger partial charge in [0.15, 0.2) is 0 Å². The van der Waals surface area contributed by atoms with Gasteiger partial charge in [-0.15, -0.1) is 0 Å². The number of aromatic carboxylic acids is 1. The summed E-state index contributed by atoms with van der Waals surface area (Å²) in [6.45, 7) is 3.51. The Balaban J connectivity index is 0.000000540. The minimum Gasteiger partial charge on any atom is -0.478 e. The lowest BCUT2D eigenvalue weighted by atomic mass is 10.1.